The summed E-state index contributed by atoms with van der Waals surface area (Å²) in [5.74, 6) is -0.127. The van der Waals surface area contributed by atoms with Gasteiger partial charge in [0.2, 0.25) is 23.1 Å². The number of anilines is 2. The van der Waals surface area contributed by atoms with Crippen LogP contribution < -0.4 is 10.6 Å². The maximum atomic E-state index is 11.7. The van der Waals surface area contributed by atoms with E-state index in [0.717, 1.165) is 4.90 Å². The number of likely N-dealkylation sites (tertiary alicyclic amines) is 1. The van der Waals surface area contributed by atoms with E-state index < -0.39 is 6.04 Å². The molecule has 1 aliphatic rings. The molecule has 2 heterocycles. The van der Waals surface area contributed by atoms with Gasteiger partial charge in [-0.2, -0.15) is 15.0 Å². The van der Waals surface area contributed by atoms with Crippen LogP contribution >= 0.6 is 11.6 Å². The SMILES string of the molecule is CNc1nc(Cl)nc(NC2CC(=O)N(C)C2=O)n1. The van der Waals surface area contributed by atoms with Gasteiger partial charge < -0.3 is 10.6 Å². The van der Waals surface area contributed by atoms with Crippen LogP contribution in [0.2, 0.25) is 5.28 Å². The Kier molecular flexibility index (Phi) is 3.28. The van der Waals surface area contributed by atoms with Gasteiger partial charge in [0.1, 0.15) is 6.04 Å². The van der Waals surface area contributed by atoms with E-state index in [-0.39, 0.29) is 35.4 Å². The second kappa shape index (κ2) is 4.73. The lowest BCUT2D eigenvalue weighted by atomic mass is 10.2. The molecule has 8 nitrogen and oxygen atoms in total. The van der Waals surface area contributed by atoms with Gasteiger partial charge in [-0.05, 0) is 11.6 Å². The van der Waals surface area contributed by atoms with E-state index in [1.54, 1.807) is 7.05 Å². The molecule has 2 rings (SSSR count). The predicted octanol–water partition coefficient (Wildman–Crippen LogP) is -0.264. The molecule has 0 aromatic carbocycles. The normalized spacial score (nSPS) is 19.3. The number of halogens is 1. The van der Waals surface area contributed by atoms with Crippen molar-refractivity contribution >= 4 is 35.3 Å². The van der Waals surface area contributed by atoms with Crippen LogP contribution in [0.3, 0.4) is 0 Å². The van der Waals surface area contributed by atoms with Crippen LogP contribution in [0.25, 0.3) is 0 Å². The molecule has 1 aromatic heterocycles. The van der Waals surface area contributed by atoms with Crippen molar-refractivity contribution in [3.8, 4) is 0 Å². The molecule has 2 amide bonds. The van der Waals surface area contributed by atoms with Gasteiger partial charge in [-0.1, -0.05) is 0 Å². The fourth-order valence-electron chi connectivity index (χ4n) is 1.55. The van der Waals surface area contributed by atoms with Crippen LogP contribution in [-0.2, 0) is 9.59 Å². The smallest absolute Gasteiger partial charge is 0.252 e. The molecule has 1 fully saturated rings. The van der Waals surface area contributed by atoms with Crippen LogP contribution in [0, 0.1) is 0 Å². The Morgan fingerprint density at radius 3 is 2.50 bits per heavy atom. The molecule has 1 unspecified atom stereocenters. The number of hydrogen-bond donors (Lipinski definition) is 2. The van der Waals surface area contributed by atoms with Gasteiger partial charge in [-0.3, -0.25) is 14.5 Å². The van der Waals surface area contributed by atoms with E-state index in [0.29, 0.717) is 0 Å². The molecule has 1 atom stereocenters. The van der Waals surface area contributed by atoms with Crippen LogP contribution in [-0.4, -0.2) is 51.8 Å². The summed E-state index contributed by atoms with van der Waals surface area (Å²) in [6.45, 7) is 0. The quantitative estimate of drug-likeness (QED) is 0.730. The standard InChI is InChI=1S/C9H11ClN6O2/c1-11-8-13-7(10)14-9(15-8)12-4-3-5(17)16(2)6(4)18/h4H,3H2,1-2H3,(H2,11,12,13,14,15). The Morgan fingerprint density at radius 1 is 1.28 bits per heavy atom. The highest BCUT2D eigenvalue weighted by atomic mass is 35.5. The van der Waals surface area contributed by atoms with Crippen molar-refractivity contribution in [2.75, 3.05) is 24.7 Å². The molecule has 18 heavy (non-hydrogen) atoms. The number of nitrogens with one attached hydrogen (secondary N) is 2. The molecule has 0 saturated carbocycles. The maximum Gasteiger partial charge on any atom is 0.252 e. The Balaban J connectivity index is 2.17. The summed E-state index contributed by atoms with van der Waals surface area (Å²) >= 11 is 5.70. The molecular weight excluding hydrogens is 260 g/mol. The lowest BCUT2D eigenvalue weighted by molar-refractivity contribution is -0.136. The highest BCUT2D eigenvalue weighted by Crippen LogP contribution is 2.16. The van der Waals surface area contributed by atoms with Crippen molar-refractivity contribution in [1.82, 2.24) is 19.9 Å². The van der Waals surface area contributed by atoms with Crippen LogP contribution in [0.5, 0.6) is 0 Å². The number of hydrogen-bond acceptors (Lipinski definition) is 7. The average molecular weight is 271 g/mol. The summed E-state index contributed by atoms with van der Waals surface area (Å²) in [6, 6.07) is -0.661. The lowest BCUT2D eigenvalue weighted by Gasteiger charge is -2.11. The van der Waals surface area contributed by atoms with E-state index in [1.165, 1.54) is 7.05 Å². The fourth-order valence-corrected chi connectivity index (χ4v) is 1.71. The number of carbonyl (C=O) groups is 2. The Bertz CT molecular complexity index is 508. The summed E-state index contributed by atoms with van der Waals surface area (Å²) in [7, 11) is 3.07. The van der Waals surface area contributed by atoms with E-state index in [9.17, 15) is 9.59 Å². The Hall–Kier alpha value is -1.96. The minimum absolute atomic E-state index is 0.00183. The summed E-state index contributed by atoms with van der Waals surface area (Å²) < 4.78 is 0. The number of aromatic nitrogens is 3. The van der Waals surface area contributed by atoms with E-state index in [4.69, 9.17) is 11.6 Å². The second-order valence-electron chi connectivity index (χ2n) is 3.69. The summed E-state index contributed by atoms with van der Waals surface area (Å²) in [6.07, 6.45) is 0.0769. The van der Waals surface area contributed by atoms with Crippen molar-refractivity contribution in [3.05, 3.63) is 5.28 Å². The van der Waals surface area contributed by atoms with Crippen LogP contribution in [0.1, 0.15) is 6.42 Å². The molecular formula is C9H11ClN6O2. The van der Waals surface area contributed by atoms with Gasteiger partial charge in [-0.15, -0.1) is 0 Å². The van der Waals surface area contributed by atoms with Crippen molar-refractivity contribution in [2.45, 2.75) is 12.5 Å². The second-order valence-corrected chi connectivity index (χ2v) is 4.03. The summed E-state index contributed by atoms with van der Waals surface area (Å²) in [5.41, 5.74) is 0. The van der Waals surface area contributed by atoms with Gasteiger partial charge in [0, 0.05) is 14.1 Å². The summed E-state index contributed by atoms with van der Waals surface area (Å²) in [4.78, 5) is 35.7. The van der Waals surface area contributed by atoms with Gasteiger partial charge in [0.05, 0.1) is 6.42 Å². The molecule has 0 aliphatic carbocycles. The van der Waals surface area contributed by atoms with E-state index in [2.05, 4.69) is 25.6 Å². The number of amides is 2. The van der Waals surface area contributed by atoms with E-state index in [1.807, 2.05) is 0 Å². The molecule has 0 radical (unpaired) electrons. The Labute approximate surface area is 108 Å². The average Bonchev–Trinajstić information content (AvgIpc) is 2.56. The van der Waals surface area contributed by atoms with Crippen molar-refractivity contribution in [3.63, 3.8) is 0 Å². The minimum atomic E-state index is -0.661. The third-order valence-electron chi connectivity index (χ3n) is 2.52. The zero-order valence-electron chi connectivity index (χ0n) is 9.77. The number of likely N-dealkylation sites (N-methyl/N-ethyl adjacent to an activating group) is 1. The third-order valence-corrected chi connectivity index (χ3v) is 2.69. The van der Waals surface area contributed by atoms with E-state index >= 15 is 0 Å². The molecule has 0 spiro atoms. The Morgan fingerprint density at radius 2 is 1.94 bits per heavy atom. The molecule has 1 saturated heterocycles. The topological polar surface area (TPSA) is 100 Å². The number of nitrogens with zero attached hydrogens (tertiary/aromatic N) is 4. The molecule has 96 valence electrons. The fraction of sp³-hybridized carbons (Fsp3) is 0.444. The number of rotatable bonds is 3. The highest BCUT2D eigenvalue weighted by Gasteiger charge is 2.36. The number of imide groups is 1. The van der Waals surface area contributed by atoms with Gasteiger partial charge in [0.15, 0.2) is 0 Å². The van der Waals surface area contributed by atoms with Crippen LogP contribution in [0.15, 0.2) is 0 Å². The van der Waals surface area contributed by atoms with Gasteiger partial charge in [-0.25, -0.2) is 0 Å². The molecule has 2 N–H and O–H groups in total. The minimum Gasteiger partial charge on any atom is -0.357 e. The van der Waals surface area contributed by atoms with Crippen molar-refractivity contribution in [2.24, 2.45) is 0 Å². The first kappa shape index (κ1) is 12.5. The first-order valence-corrected chi connectivity index (χ1v) is 5.55. The highest BCUT2D eigenvalue weighted by molar-refractivity contribution is 6.28. The van der Waals surface area contributed by atoms with Crippen molar-refractivity contribution < 1.29 is 9.59 Å². The lowest BCUT2D eigenvalue weighted by Crippen LogP contribution is -2.32. The van der Waals surface area contributed by atoms with Crippen LogP contribution in [0.4, 0.5) is 11.9 Å². The molecule has 1 aromatic rings. The first-order chi connectivity index (χ1) is 8.51. The van der Waals surface area contributed by atoms with Gasteiger partial charge in [0.25, 0.3) is 5.91 Å². The molecule has 9 heteroatoms. The summed E-state index contributed by atoms with van der Waals surface area (Å²) in [5, 5.41) is 5.48. The largest absolute Gasteiger partial charge is 0.357 e. The molecule has 1 aliphatic heterocycles. The van der Waals surface area contributed by atoms with Crippen molar-refractivity contribution in [1.29, 1.82) is 0 Å². The number of carbonyl (C=O) groups excluding carboxylic acids is 2. The third kappa shape index (κ3) is 2.33. The van der Waals surface area contributed by atoms with Gasteiger partial charge >= 0.3 is 0 Å². The molecule has 0 bridgehead atoms. The zero-order chi connectivity index (χ0) is 13.3. The monoisotopic (exact) mass is 270 g/mol. The predicted molar refractivity (Wildman–Crippen MR) is 64.2 cm³/mol. The maximum absolute atomic E-state index is 11.7. The zero-order valence-corrected chi connectivity index (χ0v) is 10.5. The first-order valence-electron chi connectivity index (χ1n) is 5.17.